The summed E-state index contributed by atoms with van der Waals surface area (Å²) in [6.45, 7) is 8.12. The first-order valence-corrected chi connectivity index (χ1v) is 5.11. The van der Waals surface area contributed by atoms with Gasteiger partial charge in [-0.1, -0.05) is 6.92 Å². The van der Waals surface area contributed by atoms with Crippen molar-refractivity contribution >= 4 is 5.97 Å². The fourth-order valence-corrected chi connectivity index (χ4v) is 1.74. The molecular formula is C10H19NO3. The quantitative estimate of drug-likeness (QED) is 0.734. The first kappa shape index (κ1) is 11.5. The number of aliphatic carboxylic acids is 1. The molecule has 0 aromatic heterocycles. The zero-order valence-electron chi connectivity index (χ0n) is 9.06. The van der Waals surface area contributed by atoms with Crippen LogP contribution < -0.4 is 0 Å². The summed E-state index contributed by atoms with van der Waals surface area (Å²) < 4.78 is 5.41. The molecule has 3 atom stereocenters. The van der Waals surface area contributed by atoms with Crippen molar-refractivity contribution in [2.45, 2.75) is 32.9 Å². The normalized spacial score (nSPS) is 28.4. The molecule has 0 aliphatic carbocycles. The fourth-order valence-electron chi connectivity index (χ4n) is 1.74. The van der Waals surface area contributed by atoms with Crippen molar-refractivity contribution in [1.29, 1.82) is 0 Å². The van der Waals surface area contributed by atoms with Crippen molar-refractivity contribution < 1.29 is 14.6 Å². The van der Waals surface area contributed by atoms with Gasteiger partial charge in [0.15, 0.2) is 0 Å². The predicted octanol–water partition coefficient (Wildman–Crippen LogP) is 0.816. The summed E-state index contributed by atoms with van der Waals surface area (Å²) in [5.74, 6) is -1.04. The van der Waals surface area contributed by atoms with Gasteiger partial charge in [-0.25, -0.2) is 0 Å². The van der Waals surface area contributed by atoms with Crippen LogP contribution in [0.5, 0.6) is 0 Å². The Labute approximate surface area is 84.8 Å². The van der Waals surface area contributed by atoms with Crippen LogP contribution in [0.25, 0.3) is 0 Å². The van der Waals surface area contributed by atoms with Crippen molar-refractivity contribution in [3.63, 3.8) is 0 Å². The number of hydrogen-bond acceptors (Lipinski definition) is 3. The molecule has 14 heavy (non-hydrogen) atoms. The molecule has 0 aromatic carbocycles. The van der Waals surface area contributed by atoms with Crippen molar-refractivity contribution in [2.75, 3.05) is 19.7 Å². The molecule has 1 fully saturated rings. The number of carboxylic acids is 1. The third kappa shape index (κ3) is 2.69. The summed E-state index contributed by atoms with van der Waals surface area (Å²) in [5, 5.41) is 8.89. The zero-order chi connectivity index (χ0) is 10.7. The molecule has 1 aliphatic heterocycles. The molecule has 1 rings (SSSR count). The van der Waals surface area contributed by atoms with Gasteiger partial charge in [-0.3, -0.25) is 9.69 Å². The van der Waals surface area contributed by atoms with E-state index < -0.39 is 5.97 Å². The third-order valence-electron chi connectivity index (χ3n) is 2.96. The van der Waals surface area contributed by atoms with Crippen LogP contribution in [-0.2, 0) is 9.53 Å². The van der Waals surface area contributed by atoms with E-state index in [9.17, 15) is 4.79 Å². The molecule has 1 N–H and O–H groups in total. The first-order chi connectivity index (χ1) is 6.52. The zero-order valence-corrected chi connectivity index (χ0v) is 9.06. The van der Waals surface area contributed by atoms with E-state index in [1.165, 1.54) is 0 Å². The number of rotatable bonds is 3. The standard InChI is InChI=1S/C10H19NO3/c1-7-6-11(4-5-14-7)9(3)8(2)10(12)13/h7-9H,4-6H2,1-3H3,(H,12,13). The predicted molar refractivity (Wildman–Crippen MR) is 53.2 cm³/mol. The van der Waals surface area contributed by atoms with E-state index in [2.05, 4.69) is 4.90 Å². The minimum atomic E-state index is -0.725. The van der Waals surface area contributed by atoms with E-state index >= 15 is 0 Å². The van der Waals surface area contributed by atoms with E-state index in [4.69, 9.17) is 9.84 Å². The molecular weight excluding hydrogens is 182 g/mol. The van der Waals surface area contributed by atoms with Crippen LogP contribution in [0.3, 0.4) is 0 Å². The molecule has 1 heterocycles. The number of ether oxygens (including phenoxy) is 1. The SMILES string of the molecule is CC1CN(C(C)C(C)C(=O)O)CCO1. The number of carboxylic acid groups (broad SMARTS) is 1. The molecule has 3 unspecified atom stereocenters. The van der Waals surface area contributed by atoms with Crippen LogP contribution in [0.2, 0.25) is 0 Å². The van der Waals surface area contributed by atoms with Gasteiger partial charge in [0.25, 0.3) is 0 Å². The minimum absolute atomic E-state index is 0.0823. The van der Waals surface area contributed by atoms with Crippen molar-refractivity contribution in [1.82, 2.24) is 4.90 Å². The Morgan fingerprint density at radius 1 is 1.57 bits per heavy atom. The Morgan fingerprint density at radius 2 is 2.21 bits per heavy atom. The second kappa shape index (κ2) is 4.75. The highest BCUT2D eigenvalue weighted by molar-refractivity contribution is 5.70. The lowest BCUT2D eigenvalue weighted by atomic mass is 10.0. The Morgan fingerprint density at radius 3 is 2.71 bits per heavy atom. The van der Waals surface area contributed by atoms with E-state index in [0.29, 0.717) is 6.61 Å². The van der Waals surface area contributed by atoms with Crippen LogP contribution >= 0.6 is 0 Å². The van der Waals surface area contributed by atoms with Gasteiger partial charge in [0.1, 0.15) is 0 Å². The van der Waals surface area contributed by atoms with Crippen molar-refractivity contribution in [2.24, 2.45) is 5.92 Å². The molecule has 0 aromatic rings. The Bertz CT molecular complexity index is 208. The van der Waals surface area contributed by atoms with Crippen molar-refractivity contribution in [3.8, 4) is 0 Å². The molecule has 0 amide bonds. The molecule has 4 heteroatoms. The van der Waals surface area contributed by atoms with Gasteiger partial charge in [-0.15, -0.1) is 0 Å². The van der Waals surface area contributed by atoms with E-state index in [0.717, 1.165) is 13.1 Å². The lowest BCUT2D eigenvalue weighted by Crippen LogP contribution is -2.49. The largest absolute Gasteiger partial charge is 0.481 e. The lowest BCUT2D eigenvalue weighted by molar-refractivity contribution is -0.144. The lowest BCUT2D eigenvalue weighted by Gasteiger charge is -2.37. The number of hydrogen-bond donors (Lipinski definition) is 1. The van der Waals surface area contributed by atoms with Crippen LogP contribution in [-0.4, -0.2) is 47.8 Å². The molecule has 1 aliphatic rings. The van der Waals surface area contributed by atoms with E-state index in [1.807, 2.05) is 13.8 Å². The highest BCUT2D eigenvalue weighted by Gasteiger charge is 2.28. The highest BCUT2D eigenvalue weighted by Crippen LogP contribution is 2.15. The average molecular weight is 201 g/mol. The van der Waals surface area contributed by atoms with Gasteiger partial charge < -0.3 is 9.84 Å². The number of morpholine rings is 1. The van der Waals surface area contributed by atoms with Gasteiger partial charge in [0.2, 0.25) is 0 Å². The van der Waals surface area contributed by atoms with Gasteiger partial charge >= 0.3 is 5.97 Å². The second-order valence-electron chi connectivity index (χ2n) is 4.04. The summed E-state index contributed by atoms with van der Waals surface area (Å²) in [6.07, 6.45) is 0.215. The molecule has 0 saturated carbocycles. The minimum Gasteiger partial charge on any atom is -0.481 e. The monoisotopic (exact) mass is 201 g/mol. The Kier molecular flexibility index (Phi) is 3.89. The van der Waals surface area contributed by atoms with Crippen molar-refractivity contribution in [3.05, 3.63) is 0 Å². The van der Waals surface area contributed by atoms with Gasteiger partial charge in [0.05, 0.1) is 18.6 Å². The summed E-state index contributed by atoms with van der Waals surface area (Å²) in [6, 6.07) is 0.0823. The molecule has 1 saturated heterocycles. The smallest absolute Gasteiger partial charge is 0.307 e. The molecule has 4 nitrogen and oxygen atoms in total. The van der Waals surface area contributed by atoms with E-state index in [-0.39, 0.29) is 18.1 Å². The Hall–Kier alpha value is -0.610. The summed E-state index contributed by atoms with van der Waals surface area (Å²) >= 11 is 0. The summed E-state index contributed by atoms with van der Waals surface area (Å²) in [5.41, 5.74) is 0. The van der Waals surface area contributed by atoms with Crippen LogP contribution in [0.1, 0.15) is 20.8 Å². The Balaban J connectivity index is 2.50. The topological polar surface area (TPSA) is 49.8 Å². The van der Waals surface area contributed by atoms with Gasteiger partial charge in [-0.05, 0) is 13.8 Å². The first-order valence-electron chi connectivity index (χ1n) is 5.11. The number of nitrogens with zero attached hydrogens (tertiary/aromatic N) is 1. The highest BCUT2D eigenvalue weighted by atomic mass is 16.5. The summed E-state index contributed by atoms with van der Waals surface area (Å²) in [4.78, 5) is 13.0. The maximum absolute atomic E-state index is 10.8. The third-order valence-corrected chi connectivity index (χ3v) is 2.96. The van der Waals surface area contributed by atoms with Crippen LogP contribution in [0, 0.1) is 5.92 Å². The summed E-state index contributed by atoms with van der Waals surface area (Å²) in [7, 11) is 0. The second-order valence-corrected chi connectivity index (χ2v) is 4.04. The van der Waals surface area contributed by atoms with Crippen LogP contribution in [0.4, 0.5) is 0 Å². The molecule has 0 spiro atoms. The molecule has 82 valence electrons. The molecule has 0 radical (unpaired) electrons. The van der Waals surface area contributed by atoms with Gasteiger partial charge in [-0.2, -0.15) is 0 Å². The fraction of sp³-hybridized carbons (Fsp3) is 0.900. The number of carbonyl (C=O) groups is 1. The maximum atomic E-state index is 10.8. The van der Waals surface area contributed by atoms with Gasteiger partial charge in [0, 0.05) is 19.1 Å². The van der Waals surface area contributed by atoms with E-state index in [1.54, 1.807) is 6.92 Å². The van der Waals surface area contributed by atoms with Crippen LogP contribution in [0.15, 0.2) is 0 Å². The maximum Gasteiger partial charge on any atom is 0.307 e. The average Bonchev–Trinajstić information content (AvgIpc) is 2.15. The molecule has 0 bridgehead atoms.